The molecule has 3 nitrogen and oxygen atoms in total. The zero-order valence-corrected chi connectivity index (χ0v) is 12.0. The predicted octanol–water partition coefficient (Wildman–Crippen LogP) is 2.74. The number of rotatable bonds is 5. The van der Waals surface area contributed by atoms with Crippen molar-refractivity contribution in [1.82, 2.24) is 5.32 Å². The fourth-order valence-electron chi connectivity index (χ4n) is 1.97. The van der Waals surface area contributed by atoms with Crippen LogP contribution in [0.4, 0.5) is 8.78 Å². The summed E-state index contributed by atoms with van der Waals surface area (Å²) in [5.74, 6) is -1.91. The second kappa shape index (κ2) is 7.04. The van der Waals surface area contributed by atoms with Gasteiger partial charge >= 0.3 is 0 Å². The van der Waals surface area contributed by atoms with Crippen LogP contribution in [0.2, 0.25) is 0 Å². The van der Waals surface area contributed by atoms with Gasteiger partial charge in [-0.3, -0.25) is 4.79 Å². The first-order valence-corrected chi connectivity index (χ1v) is 7.45. The molecule has 0 bridgehead atoms. The molecule has 0 saturated carbocycles. The van der Waals surface area contributed by atoms with E-state index in [1.165, 1.54) is 17.8 Å². The molecule has 6 heteroatoms. The van der Waals surface area contributed by atoms with Gasteiger partial charge in [0, 0.05) is 18.0 Å². The van der Waals surface area contributed by atoms with Crippen molar-refractivity contribution in [2.45, 2.75) is 36.0 Å². The van der Waals surface area contributed by atoms with Gasteiger partial charge in [-0.05, 0) is 38.0 Å². The summed E-state index contributed by atoms with van der Waals surface area (Å²) in [7, 11) is 0. The molecular formula is C14H17F2NO2S. The van der Waals surface area contributed by atoms with E-state index in [0.717, 1.165) is 31.6 Å². The Balaban J connectivity index is 1.81. The van der Waals surface area contributed by atoms with Gasteiger partial charge in [0.2, 0.25) is 5.91 Å². The van der Waals surface area contributed by atoms with Crippen molar-refractivity contribution >= 4 is 17.7 Å². The Bertz CT molecular complexity index is 478. The second-order valence-corrected chi connectivity index (χ2v) is 6.13. The highest BCUT2D eigenvalue weighted by atomic mass is 32.2. The zero-order valence-electron chi connectivity index (χ0n) is 11.2. The van der Waals surface area contributed by atoms with Crippen molar-refractivity contribution in [3.05, 3.63) is 29.8 Å². The number of ether oxygens (including phenoxy) is 1. The van der Waals surface area contributed by atoms with E-state index in [1.807, 2.05) is 0 Å². The molecule has 110 valence electrons. The van der Waals surface area contributed by atoms with Gasteiger partial charge < -0.3 is 10.1 Å². The number of halogens is 2. The normalized spacial score (nSPS) is 19.9. The summed E-state index contributed by atoms with van der Waals surface area (Å²) in [6.45, 7) is 2.98. The number of hydrogen-bond donors (Lipinski definition) is 1. The number of thioether (sulfide) groups is 1. The van der Waals surface area contributed by atoms with E-state index >= 15 is 0 Å². The third kappa shape index (κ3) is 4.18. The average molecular weight is 301 g/mol. The molecule has 1 aliphatic heterocycles. The van der Waals surface area contributed by atoms with E-state index in [0.29, 0.717) is 11.4 Å². The molecule has 1 aliphatic rings. The van der Waals surface area contributed by atoms with Gasteiger partial charge in [-0.2, -0.15) is 0 Å². The number of nitrogens with one attached hydrogen (secondary N) is 1. The quantitative estimate of drug-likeness (QED) is 0.850. The van der Waals surface area contributed by atoms with E-state index < -0.39 is 11.6 Å². The molecule has 0 unspecified atom stereocenters. The highest BCUT2D eigenvalue weighted by Crippen LogP contribution is 2.25. The molecule has 2 rings (SSSR count). The molecule has 0 radical (unpaired) electrons. The number of hydrogen-bond acceptors (Lipinski definition) is 3. The first-order chi connectivity index (χ1) is 9.56. The van der Waals surface area contributed by atoms with Gasteiger partial charge in [0.1, 0.15) is 0 Å². The van der Waals surface area contributed by atoms with E-state index in [4.69, 9.17) is 4.74 Å². The molecule has 0 aliphatic carbocycles. The van der Waals surface area contributed by atoms with E-state index in [1.54, 1.807) is 6.92 Å². The molecule has 0 spiro atoms. The third-order valence-electron chi connectivity index (χ3n) is 3.10. The van der Waals surface area contributed by atoms with E-state index in [2.05, 4.69) is 5.32 Å². The third-order valence-corrected chi connectivity index (χ3v) is 4.19. The lowest BCUT2D eigenvalue weighted by molar-refractivity contribution is -0.120. The van der Waals surface area contributed by atoms with Crippen LogP contribution in [-0.2, 0) is 9.53 Å². The smallest absolute Gasteiger partial charge is 0.233 e. The van der Waals surface area contributed by atoms with Crippen LogP contribution < -0.4 is 5.32 Å². The van der Waals surface area contributed by atoms with Crippen LogP contribution in [-0.4, -0.2) is 30.4 Å². The molecular weight excluding hydrogens is 284 g/mol. The molecule has 2 atom stereocenters. The number of carbonyl (C=O) groups excluding carboxylic acids is 1. The standard InChI is InChI=1S/C14H17F2NO2S/c1-9(14(18)17-8-10-3-2-6-19-10)20-11-4-5-12(15)13(16)7-11/h4-5,7,9-10H,2-3,6,8H2,1H3,(H,17,18)/t9-,10+/m0/s1. The van der Waals surface area contributed by atoms with Gasteiger partial charge in [0.15, 0.2) is 11.6 Å². The number of benzene rings is 1. The van der Waals surface area contributed by atoms with Crippen molar-refractivity contribution in [2.75, 3.05) is 13.2 Å². The Hall–Kier alpha value is -1.14. The maximum atomic E-state index is 13.1. The van der Waals surface area contributed by atoms with Crippen molar-refractivity contribution < 1.29 is 18.3 Å². The fourth-order valence-corrected chi connectivity index (χ4v) is 2.89. The van der Waals surface area contributed by atoms with Crippen molar-refractivity contribution in [3.63, 3.8) is 0 Å². The first kappa shape index (κ1) is 15.3. The van der Waals surface area contributed by atoms with Gasteiger partial charge in [-0.1, -0.05) is 0 Å². The Morgan fingerprint density at radius 2 is 2.30 bits per heavy atom. The lowest BCUT2D eigenvalue weighted by atomic mass is 10.2. The predicted molar refractivity (Wildman–Crippen MR) is 73.7 cm³/mol. The minimum Gasteiger partial charge on any atom is -0.376 e. The monoisotopic (exact) mass is 301 g/mol. The number of carbonyl (C=O) groups is 1. The van der Waals surface area contributed by atoms with Crippen molar-refractivity contribution in [1.29, 1.82) is 0 Å². The summed E-state index contributed by atoms with van der Waals surface area (Å²) < 4.78 is 31.3. The lowest BCUT2D eigenvalue weighted by Gasteiger charge is -2.14. The Labute approximate surface area is 121 Å². The minimum atomic E-state index is -0.901. The fraction of sp³-hybridized carbons (Fsp3) is 0.500. The highest BCUT2D eigenvalue weighted by molar-refractivity contribution is 8.00. The summed E-state index contributed by atoms with van der Waals surface area (Å²) in [6.07, 6.45) is 2.09. The van der Waals surface area contributed by atoms with Crippen LogP contribution in [0.3, 0.4) is 0 Å². The molecule has 1 saturated heterocycles. The number of amides is 1. The second-order valence-electron chi connectivity index (χ2n) is 4.72. The topological polar surface area (TPSA) is 38.3 Å². The first-order valence-electron chi connectivity index (χ1n) is 6.57. The largest absolute Gasteiger partial charge is 0.376 e. The van der Waals surface area contributed by atoms with Gasteiger partial charge in [0.25, 0.3) is 0 Å². The summed E-state index contributed by atoms with van der Waals surface area (Å²) in [5, 5.41) is 2.44. The van der Waals surface area contributed by atoms with Crippen LogP contribution in [0, 0.1) is 11.6 Å². The van der Waals surface area contributed by atoms with Gasteiger partial charge in [0.05, 0.1) is 11.4 Å². The lowest BCUT2D eigenvalue weighted by Crippen LogP contribution is -2.36. The highest BCUT2D eigenvalue weighted by Gasteiger charge is 2.19. The Kier molecular flexibility index (Phi) is 5.37. The molecule has 1 aromatic carbocycles. The molecule has 0 aromatic heterocycles. The average Bonchev–Trinajstić information content (AvgIpc) is 2.93. The molecule has 1 heterocycles. The molecule has 1 fully saturated rings. The van der Waals surface area contributed by atoms with Crippen molar-refractivity contribution in [3.8, 4) is 0 Å². The van der Waals surface area contributed by atoms with Crippen LogP contribution in [0.15, 0.2) is 23.1 Å². The molecule has 1 aromatic rings. The van der Waals surface area contributed by atoms with Crippen LogP contribution in [0.5, 0.6) is 0 Å². The summed E-state index contributed by atoms with van der Waals surface area (Å²) in [6, 6.07) is 3.63. The summed E-state index contributed by atoms with van der Waals surface area (Å²) in [4.78, 5) is 12.4. The Morgan fingerprint density at radius 3 is 2.95 bits per heavy atom. The summed E-state index contributed by atoms with van der Waals surface area (Å²) >= 11 is 1.20. The van der Waals surface area contributed by atoms with Crippen molar-refractivity contribution in [2.24, 2.45) is 0 Å². The molecule has 1 amide bonds. The maximum absolute atomic E-state index is 13.1. The molecule has 20 heavy (non-hydrogen) atoms. The SMILES string of the molecule is C[C@H](Sc1ccc(F)c(F)c1)C(=O)NC[C@H]1CCCO1. The van der Waals surface area contributed by atoms with Crippen LogP contribution in [0.1, 0.15) is 19.8 Å². The van der Waals surface area contributed by atoms with Gasteiger partial charge in [-0.25, -0.2) is 8.78 Å². The van der Waals surface area contributed by atoms with E-state index in [9.17, 15) is 13.6 Å². The van der Waals surface area contributed by atoms with Crippen LogP contribution in [0.25, 0.3) is 0 Å². The maximum Gasteiger partial charge on any atom is 0.233 e. The minimum absolute atomic E-state index is 0.0967. The molecule has 1 N–H and O–H groups in total. The van der Waals surface area contributed by atoms with Gasteiger partial charge in [-0.15, -0.1) is 11.8 Å². The zero-order chi connectivity index (χ0) is 14.5. The summed E-state index contributed by atoms with van der Waals surface area (Å²) in [5.41, 5.74) is 0. The van der Waals surface area contributed by atoms with E-state index in [-0.39, 0.29) is 17.3 Å². The Morgan fingerprint density at radius 1 is 1.50 bits per heavy atom. The van der Waals surface area contributed by atoms with Crippen LogP contribution >= 0.6 is 11.8 Å².